The molecule has 3 atom stereocenters. The number of hydrogen-bond acceptors (Lipinski definition) is 5. The molecule has 3 unspecified atom stereocenters. The van der Waals surface area contributed by atoms with E-state index in [4.69, 9.17) is 0 Å². The first-order chi connectivity index (χ1) is 11.1. The number of nitrogens with one attached hydrogen (secondary N) is 2. The number of β-lactam (4-membered cyclic amide) rings is 1. The van der Waals surface area contributed by atoms with Crippen molar-refractivity contribution in [3.63, 3.8) is 0 Å². The summed E-state index contributed by atoms with van der Waals surface area (Å²) >= 11 is 1.70. The first-order valence-electron chi connectivity index (χ1n) is 8.52. The van der Waals surface area contributed by atoms with Crippen LogP contribution in [0.3, 0.4) is 0 Å². The van der Waals surface area contributed by atoms with Gasteiger partial charge in [0.15, 0.2) is 0 Å². The number of rotatable bonds is 4. The Labute approximate surface area is 140 Å². The highest BCUT2D eigenvalue weighted by Crippen LogP contribution is 2.45. The van der Waals surface area contributed by atoms with E-state index in [1.807, 2.05) is 0 Å². The molecule has 0 saturated carbocycles. The summed E-state index contributed by atoms with van der Waals surface area (Å²) in [5.41, 5.74) is 0.251. The first kappa shape index (κ1) is 15.5. The van der Waals surface area contributed by atoms with E-state index < -0.39 is 5.97 Å². The molecule has 4 rings (SSSR count). The number of carbonyl (C=O) groups is 2. The number of carbonyl (C=O) groups excluding carboxylic acids is 1. The van der Waals surface area contributed by atoms with Crippen LogP contribution in [0.1, 0.15) is 32.1 Å². The number of aliphatic carboxylic acids is 1. The van der Waals surface area contributed by atoms with Crippen molar-refractivity contribution >= 4 is 23.6 Å². The maximum absolute atomic E-state index is 11.7. The molecule has 126 valence electrons. The molecule has 4 aliphatic heterocycles. The first-order valence-corrected chi connectivity index (χ1v) is 9.40. The number of fused-ring (bicyclic) bond motifs is 1. The summed E-state index contributed by atoms with van der Waals surface area (Å²) in [5, 5.41) is 16.9. The van der Waals surface area contributed by atoms with E-state index in [2.05, 4.69) is 10.6 Å². The van der Waals surface area contributed by atoms with E-state index in [1.54, 1.807) is 11.8 Å². The molecule has 7 heteroatoms. The van der Waals surface area contributed by atoms with Crippen molar-refractivity contribution in [2.24, 2.45) is 5.92 Å². The minimum Gasteiger partial charge on any atom is -0.477 e. The third-order valence-electron chi connectivity index (χ3n) is 5.56. The van der Waals surface area contributed by atoms with Crippen LogP contribution in [0, 0.1) is 5.92 Å². The molecular formula is C16H23N3O3S. The summed E-state index contributed by atoms with van der Waals surface area (Å²) in [6.45, 7) is 3.15. The fraction of sp³-hybridized carbons (Fsp3) is 0.750. The highest BCUT2D eigenvalue weighted by Gasteiger charge is 2.48. The van der Waals surface area contributed by atoms with Crippen molar-refractivity contribution < 1.29 is 14.7 Å². The highest BCUT2D eigenvalue weighted by atomic mass is 32.2. The standard InChI is InChI=1S/C16H23N3O3S/c20-14-6-10-5-13(15(16(21)22)19(10)14)23-11-7-12(18-8-11)9-1-3-17-4-2-9/h9-12,17-18H,1-8H2,(H,21,22). The van der Waals surface area contributed by atoms with Gasteiger partial charge in [0.1, 0.15) is 5.70 Å². The maximum atomic E-state index is 11.7. The Morgan fingerprint density at radius 1 is 1.26 bits per heavy atom. The summed E-state index contributed by atoms with van der Waals surface area (Å²) < 4.78 is 0. The molecule has 0 aromatic rings. The molecule has 0 aromatic heterocycles. The predicted molar refractivity (Wildman–Crippen MR) is 87.9 cm³/mol. The van der Waals surface area contributed by atoms with Crippen LogP contribution in [0.5, 0.6) is 0 Å². The van der Waals surface area contributed by atoms with E-state index in [1.165, 1.54) is 17.7 Å². The number of thioether (sulfide) groups is 1. The summed E-state index contributed by atoms with van der Waals surface area (Å²) in [6, 6.07) is 0.661. The summed E-state index contributed by atoms with van der Waals surface area (Å²) in [5.74, 6) is -0.260. The van der Waals surface area contributed by atoms with Crippen LogP contribution >= 0.6 is 11.8 Å². The number of carboxylic acid groups (broad SMARTS) is 1. The monoisotopic (exact) mass is 337 g/mol. The average Bonchev–Trinajstić information content (AvgIpc) is 3.11. The SMILES string of the molecule is O=C(O)C1=C(SC2CNC(C3CCNCC3)C2)CC2CC(=O)N12. The van der Waals surface area contributed by atoms with Crippen LogP contribution in [0.2, 0.25) is 0 Å². The lowest BCUT2D eigenvalue weighted by molar-refractivity contribution is -0.147. The van der Waals surface area contributed by atoms with Crippen molar-refractivity contribution in [2.75, 3.05) is 19.6 Å². The second-order valence-electron chi connectivity index (χ2n) is 6.98. The summed E-state index contributed by atoms with van der Waals surface area (Å²) in [7, 11) is 0. The van der Waals surface area contributed by atoms with Crippen LogP contribution in [0.4, 0.5) is 0 Å². The minimum atomic E-state index is -0.955. The van der Waals surface area contributed by atoms with Gasteiger partial charge in [0, 0.05) is 35.6 Å². The lowest BCUT2D eigenvalue weighted by atomic mass is 9.89. The fourth-order valence-electron chi connectivity index (χ4n) is 4.35. The zero-order valence-corrected chi connectivity index (χ0v) is 13.9. The minimum absolute atomic E-state index is 0.0415. The quantitative estimate of drug-likeness (QED) is 0.657. The van der Waals surface area contributed by atoms with Crippen LogP contribution < -0.4 is 10.6 Å². The number of amides is 1. The number of carboxylic acids is 1. The highest BCUT2D eigenvalue weighted by molar-refractivity contribution is 8.03. The molecule has 4 heterocycles. The van der Waals surface area contributed by atoms with Crippen molar-refractivity contribution in [3.05, 3.63) is 10.6 Å². The van der Waals surface area contributed by atoms with E-state index in [-0.39, 0.29) is 17.6 Å². The normalized spacial score (nSPS) is 34.7. The van der Waals surface area contributed by atoms with Gasteiger partial charge in [-0.15, -0.1) is 11.8 Å². The van der Waals surface area contributed by atoms with E-state index >= 15 is 0 Å². The fourth-order valence-corrected chi connectivity index (χ4v) is 5.83. The van der Waals surface area contributed by atoms with Crippen molar-refractivity contribution in [1.29, 1.82) is 0 Å². The van der Waals surface area contributed by atoms with Crippen molar-refractivity contribution in [2.45, 2.75) is 49.4 Å². The number of piperidine rings is 1. The van der Waals surface area contributed by atoms with Crippen LogP contribution in [-0.2, 0) is 9.59 Å². The Bertz CT molecular complexity index is 559. The van der Waals surface area contributed by atoms with Crippen LogP contribution in [-0.4, -0.2) is 58.9 Å². The number of nitrogens with zero attached hydrogens (tertiary/aromatic N) is 1. The Hall–Kier alpha value is -1.05. The molecule has 6 nitrogen and oxygen atoms in total. The van der Waals surface area contributed by atoms with Gasteiger partial charge < -0.3 is 20.6 Å². The molecular weight excluding hydrogens is 314 g/mol. The van der Waals surface area contributed by atoms with E-state index in [9.17, 15) is 14.7 Å². The maximum Gasteiger partial charge on any atom is 0.353 e. The molecule has 0 aliphatic carbocycles. The smallest absolute Gasteiger partial charge is 0.353 e. The average molecular weight is 337 g/mol. The molecule has 0 radical (unpaired) electrons. The molecule has 1 amide bonds. The lowest BCUT2D eigenvalue weighted by Gasteiger charge is -2.34. The van der Waals surface area contributed by atoms with Gasteiger partial charge in [0.25, 0.3) is 0 Å². The zero-order chi connectivity index (χ0) is 16.0. The molecule has 4 aliphatic rings. The second-order valence-corrected chi connectivity index (χ2v) is 8.38. The third kappa shape index (κ3) is 2.79. The van der Waals surface area contributed by atoms with Gasteiger partial charge in [-0.3, -0.25) is 4.79 Å². The second kappa shape index (κ2) is 6.11. The van der Waals surface area contributed by atoms with Gasteiger partial charge in [-0.2, -0.15) is 0 Å². The van der Waals surface area contributed by atoms with Gasteiger partial charge in [0.05, 0.1) is 6.04 Å². The topological polar surface area (TPSA) is 81.7 Å². The van der Waals surface area contributed by atoms with E-state index in [0.29, 0.717) is 17.7 Å². The summed E-state index contributed by atoms with van der Waals surface area (Å²) in [6.07, 6.45) is 4.78. The largest absolute Gasteiger partial charge is 0.477 e. The number of hydrogen-bond donors (Lipinski definition) is 3. The van der Waals surface area contributed by atoms with Gasteiger partial charge in [0.2, 0.25) is 5.91 Å². The van der Waals surface area contributed by atoms with Crippen molar-refractivity contribution in [3.8, 4) is 0 Å². The van der Waals surface area contributed by atoms with Gasteiger partial charge in [-0.25, -0.2) is 4.79 Å². The predicted octanol–water partition coefficient (Wildman–Crippen LogP) is 0.750. The molecule has 23 heavy (non-hydrogen) atoms. The molecule has 3 fully saturated rings. The summed E-state index contributed by atoms with van der Waals surface area (Å²) in [4.78, 5) is 25.6. The third-order valence-corrected chi connectivity index (χ3v) is 6.90. The van der Waals surface area contributed by atoms with Gasteiger partial charge >= 0.3 is 5.97 Å². The van der Waals surface area contributed by atoms with Gasteiger partial charge in [-0.1, -0.05) is 0 Å². The molecule has 0 spiro atoms. The van der Waals surface area contributed by atoms with Crippen LogP contribution in [0.15, 0.2) is 10.6 Å². The van der Waals surface area contributed by atoms with Gasteiger partial charge in [-0.05, 0) is 38.3 Å². The molecule has 3 saturated heterocycles. The van der Waals surface area contributed by atoms with Crippen molar-refractivity contribution in [1.82, 2.24) is 15.5 Å². The zero-order valence-electron chi connectivity index (χ0n) is 13.1. The Morgan fingerprint density at radius 3 is 2.74 bits per heavy atom. The lowest BCUT2D eigenvalue weighted by Crippen LogP contribution is -2.49. The molecule has 0 bridgehead atoms. The van der Waals surface area contributed by atoms with Crippen LogP contribution in [0.25, 0.3) is 0 Å². The molecule has 0 aromatic carbocycles. The Morgan fingerprint density at radius 2 is 2.04 bits per heavy atom. The Balaban J connectivity index is 1.41. The Kier molecular flexibility index (Phi) is 4.11. The molecule has 3 N–H and O–H groups in total. The van der Waals surface area contributed by atoms with E-state index in [0.717, 1.165) is 43.3 Å².